The van der Waals surface area contributed by atoms with Gasteiger partial charge in [0.15, 0.2) is 0 Å². The van der Waals surface area contributed by atoms with Gasteiger partial charge in [-0.05, 0) is 48.6 Å². The lowest BCUT2D eigenvalue weighted by molar-refractivity contribution is 0.408. The monoisotopic (exact) mass is 372 g/mol. The fourth-order valence-corrected chi connectivity index (χ4v) is 3.46. The van der Waals surface area contributed by atoms with Crippen LogP contribution in [0.5, 0.6) is 5.75 Å². The molecule has 0 aliphatic rings. The van der Waals surface area contributed by atoms with E-state index in [1.54, 1.807) is 19.2 Å². The first-order valence-corrected chi connectivity index (χ1v) is 9.46. The molecule has 4 nitrogen and oxygen atoms in total. The summed E-state index contributed by atoms with van der Waals surface area (Å²) in [5.74, 6) is 1.78. The van der Waals surface area contributed by atoms with Crippen LogP contribution in [0.4, 0.5) is 4.39 Å². The van der Waals surface area contributed by atoms with Gasteiger partial charge in [0, 0.05) is 12.2 Å². The van der Waals surface area contributed by atoms with Crippen molar-refractivity contribution >= 4 is 11.8 Å². The Hall–Kier alpha value is -2.34. The number of benzene rings is 2. The molecule has 3 rings (SSSR count). The molecule has 0 bridgehead atoms. The van der Waals surface area contributed by atoms with Crippen LogP contribution in [-0.4, -0.2) is 17.3 Å². The third-order valence-electron chi connectivity index (χ3n) is 4.07. The molecular formula is C20H21FN2O2S. The van der Waals surface area contributed by atoms with E-state index < -0.39 is 0 Å². The topological polar surface area (TPSA) is 48.2 Å². The Morgan fingerprint density at radius 2 is 1.96 bits per heavy atom. The zero-order valence-corrected chi connectivity index (χ0v) is 15.7. The lowest BCUT2D eigenvalue weighted by Gasteiger charge is -2.06. The van der Waals surface area contributed by atoms with Crippen molar-refractivity contribution in [1.82, 2.24) is 10.2 Å². The minimum absolute atomic E-state index is 0.213. The van der Waals surface area contributed by atoms with Crippen LogP contribution in [0.3, 0.4) is 0 Å². The van der Waals surface area contributed by atoms with Gasteiger partial charge in [0.05, 0.1) is 7.11 Å². The molecule has 1 heterocycles. The maximum Gasteiger partial charge on any atom is 0.276 e. The number of methoxy groups -OCH3 is 1. The first-order chi connectivity index (χ1) is 12.7. The van der Waals surface area contributed by atoms with Crippen LogP contribution in [0.1, 0.15) is 29.0 Å². The summed E-state index contributed by atoms with van der Waals surface area (Å²) in [4.78, 5) is 0. The molecule has 0 aliphatic carbocycles. The van der Waals surface area contributed by atoms with Gasteiger partial charge in [-0.2, -0.15) is 0 Å². The van der Waals surface area contributed by atoms with Gasteiger partial charge in [-0.15, -0.1) is 10.2 Å². The molecule has 2 aromatic carbocycles. The molecule has 0 atom stereocenters. The Morgan fingerprint density at radius 1 is 1.12 bits per heavy atom. The Balaban J connectivity index is 1.48. The Bertz CT molecular complexity index is 867. The molecule has 26 heavy (non-hydrogen) atoms. The molecule has 0 amide bonds. The zero-order chi connectivity index (χ0) is 18.4. The van der Waals surface area contributed by atoms with E-state index in [2.05, 4.69) is 22.3 Å². The van der Waals surface area contributed by atoms with E-state index in [0.29, 0.717) is 22.4 Å². The van der Waals surface area contributed by atoms with Gasteiger partial charge in [-0.1, -0.05) is 42.1 Å². The van der Waals surface area contributed by atoms with E-state index in [-0.39, 0.29) is 5.82 Å². The van der Waals surface area contributed by atoms with Crippen molar-refractivity contribution in [3.8, 4) is 5.75 Å². The molecule has 0 fully saturated rings. The maximum absolute atomic E-state index is 13.6. The van der Waals surface area contributed by atoms with E-state index in [9.17, 15) is 4.39 Å². The summed E-state index contributed by atoms with van der Waals surface area (Å²) in [5, 5.41) is 8.58. The fourth-order valence-electron chi connectivity index (χ4n) is 2.69. The molecule has 6 heteroatoms. The van der Waals surface area contributed by atoms with Crippen molar-refractivity contribution in [2.45, 2.75) is 37.2 Å². The number of hydrogen-bond acceptors (Lipinski definition) is 5. The quantitative estimate of drug-likeness (QED) is 0.521. The van der Waals surface area contributed by atoms with E-state index in [0.717, 1.165) is 30.6 Å². The molecule has 0 N–H and O–H groups in total. The second kappa shape index (κ2) is 8.85. The zero-order valence-electron chi connectivity index (χ0n) is 14.9. The highest BCUT2D eigenvalue weighted by molar-refractivity contribution is 7.98. The molecular weight excluding hydrogens is 351 g/mol. The number of aromatic nitrogens is 2. The number of nitrogens with zero attached hydrogens (tertiary/aromatic N) is 2. The largest absolute Gasteiger partial charge is 0.496 e. The second-order valence-electron chi connectivity index (χ2n) is 6.00. The summed E-state index contributed by atoms with van der Waals surface area (Å²) in [7, 11) is 1.68. The van der Waals surface area contributed by atoms with Gasteiger partial charge < -0.3 is 9.15 Å². The summed E-state index contributed by atoms with van der Waals surface area (Å²) in [5.41, 5.74) is 3.03. The van der Waals surface area contributed by atoms with Gasteiger partial charge in [0.1, 0.15) is 11.6 Å². The van der Waals surface area contributed by atoms with Gasteiger partial charge in [-0.25, -0.2) is 4.39 Å². The minimum Gasteiger partial charge on any atom is -0.496 e. The predicted octanol–water partition coefficient (Wildman–Crippen LogP) is 4.99. The van der Waals surface area contributed by atoms with E-state index >= 15 is 0 Å². The summed E-state index contributed by atoms with van der Waals surface area (Å²) in [6.45, 7) is 2.04. The van der Waals surface area contributed by atoms with E-state index in [1.165, 1.54) is 23.4 Å². The Labute approximate surface area is 156 Å². The van der Waals surface area contributed by atoms with Crippen molar-refractivity contribution < 1.29 is 13.5 Å². The number of ether oxygens (including phenoxy) is 1. The highest BCUT2D eigenvalue weighted by Crippen LogP contribution is 2.24. The maximum atomic E-state index is 13.6. The van der Waals surface area contributed by atoms with E-state index in [4.69, 9.17) is 9.15 Å². The molecule has 1 aromatic heterocycles. The van der Waals surface area contributed by atoms with Crippen molar-refractivity contribution in [3.63, 3.8) is 0 Å². The fraction of sp³-hybridized carbons (Fsp3) is 0.300. The van der Waals surface area contributed by atoms with Crippen LogP contribution in [0.2, 0.25) is 0 Å². The normalized spacial score (nSPS) is 10.9. The number of aryl methyl sites for hydroxylation is 3. The van der Waals surface area contributed by atoms with Gasteiger partial charge >= 0.3 is 0 Å². The summed E-state index contributed by atoms with van der Waals surface area (Å²) < 4.78 is 24.5. The molecule has 0 spiro atoms. The molecule has 0 aliphatic heterocycles. The lowest BCUT2D eigenvalue weighted by Crippen LogP contribution is -1.93. The van der Waals surface area contributed by atoms with Crippen LogP contribution < -0.4 is 4.74 Å². The SMILES string of the molecule is COc1ccc(CCCc2nnc(SCc3ccccc3F)o2)cc1C. The third kappa shape index (κ3) is 4.85. The summed E-state index contributed by atoms with van der Waals surface area (Å²) in [6.07, 6.45) is 2.58. The van der Waals surface area contributed by atoms with Gasteiger partial charge in [-0.3, -0.25) is 0 Å². The number of halogens is 1. The summed E-state index contributed by atoms with van der Waals surface area (Å²) in [6, 6.07) is 12.9. The van der Waals surface area contributed by atoms with Crippen molar-refractivity contribution in [3.05, 3.63) is 70.9 Å². The van der Waals surface area contributed by atoms with Crippen LogP contribution >= 0.6 is 11.8 Å². The molecule has 0 saturated carbocycles. The van der Waals surface area contributed by atoms with Gasteiger partial charge in [0.2, 0.25) is 5.89 Å². The van der Waals surface area contributed by atoms with Crippen LogP contribution in [0, 0.1) is 12.7 Å². The van der Waals surface area contributed by atoms with Crippen molar-refractivity contribution in [2.75, 3.05) is 7.11 Å². The second-order valence-corrected chi connectivity index (χ2v) is 6.93. The molecule has 0 radical (unpaired) electrons. The Morgan fingerprint density at radius 3 is 2.73 bits per heavy atom. The van der Waals surface area contributed by atoms with Crippen LogP contribution in [0.15, 0.2) is 52.1 Å². The minimum atomic E-state index is -0.213. The van der Waals surface area contributed by atoms with Gasteiger partial charge in [0.25, 0.3) is 5.22 Å². The first kappa shape index (κ1) is 18.5. The van der Waals surface area contributed by atoms with Crippen LogP contribution in [-0.2, 0) is 18.6 Å². The smallest absolute Gasteiger partial charge is 0.276 e. The molecule has 136 valence electrons. The third-order valence-corrected chi connectivity index (χ3v) is 4.94. The molecule has 0 saturated heterocycles. The number of hydrogen-bond donors (Lipinski definition) is 0. The average molecular weight is 372 g/mol. The predicted molar refractivity (Wildman–Crippen MR) is 100 cm³/mol. The lowest BCUT2D eigenvalue weighted by atomic mass is 10.1. The average Bonchev–Trinajstić information content (AvgIpc) is 3.09. The van der Waals surface area contributed by atoms with E-state index in [1.807, 2.05) is 19.1 Å². The van der Waals surface area contributed by atoms with Crippen LogP contribution in [0.25, 0.3) is 0 Å². The Kier molecular flexibility index (Phi) is 6.28. The highest BCUT2D eigenvalue weighted by Gasteiger charge is 2.09. The van der Waals surface area contributed by atoms with Crippen molar-refractivity contribution in [1.29, 1.82) is 0 Å². The number of thioether (sulfide) groups is 1. The number of rotatable bonds is 8. The standard InChI is InChI=1S/C20H21FN2O2S/c1-14-12-15(10-11-18(14)24-2)6-5-9-19-22-23-20(25-19)26-13-16-7-3-4-8-17(16)21/h3-4,7-8,10-12H,5-6,9,13H2,1-2H3. The highest BCUT2D eigenvalue weighted by atomic mass is 32.2. The first-order valence-electron chi connectivity index (χ1n) is 8.48. The molecule has 0 unspecified atom stereocenters. The summed E-state index contributed by atoms with van der Waals surface area (Å²) >= 11 is 1.35. The van der Waals surface area contributed by atoms with Crippen molar-refractivity contribution in [2.24, 2.45) is 0 Å². The molecule has 3 aromatic rings.